The number of rotatable bonds is 4. The van der Waals surface area contributed by atoms with Gasteiger partial charge in [0.05, 0.1) is 6.61 Å². The number of fused-ring (bicyclic) bond motifs is 3. The molecule has 1 saturated carbocycles. The first-order valence-corrected chi connectivity index (χ1v) is 9.43. The summed E-state index contributed by atoms with van der Waals surface area (Å²) < 4.78 is 7.54. The third-order valence-electron chi connectivity index (χ3n) is 5.15. The molecule has 3 aromatic rings. The Hall–Kier alpha value is -3.02. The summed E-state index contributed by atoms with van der Waals surface area (Å²) in [5.74, 6) is 3.14. The van der Waals surface area contributed by atoms with Crippen LogP contribution >= 0.6 is 0 Å². The highest BCUT2D eigenvalue weighted by molar-refractivity contribution is 5.77. The topological polar surface area (TPSA) is 72.2 Å². The minimum atomic E-state index is -0.337. The molecule has 0 unspecified atom stereocenters. The van der Waals surface area contributed by atoms with E-state index in [0.717, 1.165) is 47.1 Å². The highest BCUT2D eigenvalue weighted by atomic mass is 16.5. The van der Waals surface area contributed by atoms with Crippen molar-refractivity contribution in [1.29, 1.82) is 0 Å². The van der Waals surface area contributed by atoms with Crippen LogP contribution < -0.4 is 10.1 Å². The van der Waals surface area contributed by atoms with Gasteiger partial charge in [-0.2, -0.15) is 5.10 Å². The zero-order chi connectivity index (χ0) is 18.5. The molecule has 2 N–H and O–H groups in total. The molecule has 1 aliphatic heterocycles. The number of anilines is 1. The lowest BCUT2D eigenvalue weighted by molar-refractivity contribution is 0.338. The smallest absolute Gasteiger partial charge is 0.163 e. The van der Waals surface area contributed by atoms with E-state index >= 15 is 0 Å². The van der Waals surface area contributed by atoms with Crippen LogP contribution in [0.4, 0.5) is 5.69 Å². The van der Waals surface area contributed by atoms with Gasteiger partial charge in [-0.05, 0) is 57.0 Å². The Labute approximate surface area is 157 Å². The van der Waals surface area contributed by atoms with Gasteiger partial charge in [0.1, 0.15) is 11.5 Å². The fourth-order valence-electron chi connectivity index (χ4n) is 3.61. The predicted molar refractivity (Wildman–Crippen MR) is 103 cm³/mol. The van der Waals surface area contributed by atoms with E-state index in [1.165, 1.54) is 5.56 Å². The normalized spacial score (nSPS) is 17.8. The van der Waals surface area contributed by atoms with Gasteiger partial charge < -0.3 is 15.2 Å². The molecule has 2 aliphatic rings. The molecule has 2 aromatic carbocycles. The summed E-state index contributed by atoms with van der Waals surface area (Å²) in [7, 11) is 0. The molecule has 6 heteroatoms. The summed E-state index contributed by atoms with van der Waals surface area (Å²) in [4.78, 5) is 4.86. The lowest BCUT2D eigenvalue weighted by Gasteiger charge is -2.29. The van der Waals surface area contributed by atoms with Crippen LogP contribution in [0.3, 0.4) is 0 Å². The third-order valence-corrected chi connectivity index (χ3v) is 5.15. The van der Waals surface area contributed by atoms with Gasteiger partial charge in [0.25, 0.3) is 0 Å². The first kappa shape index (κ1) is 16.2. The molecule has 0 bridgehead atoms. The minimum Gasteiger partial charge on any atom is -0.508 e. The van der Waals surface area contributed by atoms with Crippen LogP contribution in [0.15, 0.2) is 36.4 Å². The molecule has 0 radical (unpaired) electrons. The van der Waals surface area contributed by atoms with Crippen LogP contribution in [-0.2, 0) is 0 Å². The number of ether oxygens (including phenoxy) is 1. The molecule has 1 atom stereocenters. The van der Waals surface area contributed by atoms with E-state index < -0.39 is 0 Å². The second-order valence-electron chi connectivity index (χ2n) is 7.26. The summed E-state index contributed by atoms with van der Waals surface area (Å²) in [5.41, 5.74) is 3.94. The van der Waals surface area contributed by atoms with E-state index in [1.54, 1.807) is 12.1 Å². The molecule has 0 spiro atoms. The zero-order valence-corrected chi connectivity index (χ0v) is 15.4. The van der Waals surface area contributed by atoms with E-state index in [4.69, 9.17) is 14.8 Å². The minimum absolute atomic E-state index is 0.209. The summed E-state index contributed by atoms with van der Waals surface area (Å²) >= 11 is 0. The summed E-state index contributed by atoms with van der Waals surface area (Å²) in [6.07, 6.45) is 1.95. The van der Waals surface area contributed by atoms with Gasteiger partial charge in [0.15, 0.2) is 17.8 Å². The molecule has 6 nitrogen and oxygen atoms in total. The van der Waals surface area contributed by atoms with Crippen LogP contribution in [0.5, 0.6) is 11.5 Å². The molecule has 0 saturated heterocycles. The number of benzene rings is 2. The van der Waals surface area contributed by atoms with Gasteiger partial charge in [-0.1, -0.05) is 11.6 Å². The number of aromatic nitrogens is 3. The van der Waals surface area contributed by atoms with Gasteiger partial charge in [0, 0.05) is 22.7 Å². The van der Waals surface area contributed by atoms with Crippen LogP contribution in [0.25, 0.3) is 11.4 Å². The maximum atomic E-state index is 10.5. The SMILES string of the molecule is CCOc1ccc(O)c([C@@H]2Nc3ccc(C)cc3-c3nc(C4CC4)nn32)c1. The predicted octanol–water partition coefficient (Wildman–Crippen LogP) is 4.21. The third kappa shape index (κ3) is 2.72. The molecule has 1 aromatic heterocycles. The average molecular weight is 362 g/mol. The van der Waals surface area contributed by atoms with E-state index in [0.29, 0.717) is 12.5 Å². The number of nitrogens with zero attached hydrogens (tertiary/aromatic N) is 3. The quantitative estimate of drug-likeness (QED) is 0.727. The van der Waals surface area contributed by atoms with Crippen molar-refractivity contribution in [2.24, 2.45) is 0 Å². The monoisotopic (exact) mass is 362 g/mol. The Morgan fingerprint density at radius 3 is 2.85 bits per heavy atom. The Morgan fingerprint density at radius 1 is 1.22 bits per heavy atom. The second-order valence-corrected chi connectivity index (χ2v) is 7.26. The van der Waals surface area contributed by atoms with Crippen molar-refractivity contribution in [1.82, 2.24) is 14.8 Å². The number of phenolic OH excluding ortho intramolecular Hbond substituents is 1. The van der Waals surface area contributed by atoms with E-state index in [9.17, 15) is 5.11 Å². The van der Waals surface area contributed by atoms with Crippen LogP contribution in [0, 0.1) is 6.92 Å². The molecule has 1 fully saturated rings. The van der Waals surface area contributed by atoms with Gasteiger partial charge in [-0.25, -0.2) is 9.67 Å². The van der Waals surface area contributed by atoms with Crippen LogP contribution in [-0.4, -0.2) is 26.5 Å². The largest absolute Gasteiger partial charge is 0.508 e. The molecule has 27 heavy (non-hydrogen) atoms. The van der Waals surface area contributed by atoms with Crippen molar-refractivity contribution in [3.05, 3.63) is 53.3 Å². The first-order valence-electron chi connectivity index (χ1n) is 9.43. The Kier molecular flexibility index (Phi) is 3.60. The van der Waals surface area contributed by atoms with Crippen LogP contribution in [0.2, 0.25) is 0 Å². The molecular weight excluding hydrogens is 340 g/mol. The van der Waals surface area contributed by atoms with Crippen molar-refractivity contribution in [3.63, 3.8) is 0 Å². The average Bonchev–Trinajstić information content (AvgIpc) is 3.41. The molecule has 138 valence electrons. The number of aromatic hydroxyl groups is 1. The maximum Gasteiger partial charge on any atom is 0.163 e. The van der Waals surface area contributed by atoms with E-state index in [-0.39, 0.29) is 11.9 Å². The lowest BCUT2D eigenvalue weighted by atomic mass is 10.0. The number of nitrogens with one attached hydrogen (secondary N) is 1. The van der Waals surface area contributed by atoms with Gasteiger partial charge in [0.2, 0.25) is 0 Å². The first-order chi connectivity index (χ1) is 13.1. The van der Waals surface area contributed by atoms with Crippen molar-refractivity contribution in [2.75, 3.05) is 11.9 Å². The molecule has 2 heterocycles. The van der Waals surface area contributed by atoms with Crippen molar-refractivity contribution < 1.29 is 9.84 Å². The summed E-state index contributed by atoms with van der Waals surface area (Å²) in [5, 5.41) is 18.9. The lowest BCUT2D eigenvalue weighted by Crippen LogP contribution is -2.26. The Morgan fingerprint density at radius 2 is 2.07 bits per heavy atom. The zero-order valence-electron chi connectivity index (χ0n) is 15.4. The van der Waals surface area contributed by atoms with Gasteiger partial charge >= 0.3 is 0 Å². The Bertz CT molecular complexity index is 1020. The summed E-state index contributed by atoms with van der Waals surface area (Å²) in [6, 6.07) is 11.6. The summed E-state index contributed by atoms with van der Waals surface area (Å²) in [6.45, 7) is 4.60. The number of hydrogen-bond donors (Lipinski definition) is 2. The van der Waals surface area contributed by atoms with Gasteiger partial charge in [-0.15, -0.1) is 0 Å². The number of aryl methyl sites for hydroxylation is 1. The fraction of sp³-hybridized carbons (Fsp3) is 0.333. The standard InChI is InChI=1S/C21H22N4O2/c1-3-27-14-7-9-18(26)16(11-14)21-22-17-8-4-12(2)10-15(17)20-23-19(13-5-6-13)24-25(20)21/h4,7-11,13,21-22,26H,3,5-6H2,1-2H3/t21-/m1/s1. The second kappa shape index (κ2) is 6.01. The molecular formula is C21H22N4O2. The van der Waals surface area contributed by atoms with Crippen LogP contribution in [0.1, 0.15) is 48.8 Å². The molecule has 1 aliphatic carbocycles. The van der Waals surface area contributed by atoms with Gasteiger partial charge in [-0.3, -0.25) is 0 Å². The van der Waals surface area contributed by atoms with E-state index in [2.05, 4.69) is 30.4 Å². The highest BCUT2D eigenvalue weighted by Crippen LogP contribution is 2.44. The van der Waals surface area contributed by atoms with E-state index in [1.807, 2.05) is 17.7 Å². The number of hydrogen-bond acceptors (Lipinski definition) is 5. The highest BCUT2D eigenvalue weighted by Gasteiger charge is 2.34. The molecule has 5 rings (SSSR count). The fourth-order valence-corrected chi connectivity index (χ4v) is 3.61. The maximum absolute atomic E-state index is 10.5. The van der Waals surface area contributed by atoms with Crippen molar-refractivity contribution in [3.8, 4) is 22.9 Å². The van der Waals surface area contributed by atoms with Crippen molar-refractivity contribution >= 4 is 5.69 Å². The number of phenols is 1. The van der Waals surface area contributed by atoms with Crippen molar-refractivity contribution in [2.45, 2.75) is 38.8 Å². The Balaban J connectivity index is 1.67. The molecule has 0 amide bonds.